The van der Waals surface area contributed by atoms with Gasteiger partial charge < -0.3 is 10.2 Å². The van der Waals surface area contributed by atoms with Crippen LogP contribution in [0, 0.1) is 0 Å². The average molecular weight is 263 g/mol. The first kappa shape index (κ1) is 12.3. The number of pyridine rings is 1. The standard InChI is InChI=1S/C14H21N3S/c1-6-17(7-9-18-8-1)14-4-5-15-10-12(14)11-16-13-2-3-13/h4-5,10,13,16H,1-3,6-9,11H2. The van der Waals surface area contributed by atoms with Crippen LogP contribution in [-0.2, 0) is 6.54 Å². The summed E-state index contributed by atoms with van der Waals surface area (Å²) in [5.41, 5.74) is 2.75. The lowest BCUT2D eigenvalue weighted by Gasteiger charge is -2.25. The molecule has 1 aromatic rings. The number of aromatic nitrogens is 1. The molecule has 4 heteroatoms. The summed E-state index contributed by atoms with van der Waals surface area (Å²) in [5.74, 6) is 2.55. The van der Waals surface area contributed by atoms with Crippen molar-refractivity contribution < 1.29 is 0 Å². The Labute approximate surface area is 113 Å². The molecular weight excluding hydrogens is 242 g/mol. The molecule has 0 unspecified atom stereocenters. The van der Waals surface area contributed by atoms with Crippen LogP contribution in [0.1, 0.15) is 24.8 Å². The lowest BCUT2D eigenvalue weighted by molar-refractivity contribution is 0.681. The van der Waals surface area contributed by atoms with E-state index in [-0.39, 0.29) is 0 Å². The van der Waals surface area contributed by atoms with Gasteiger partial charge in [0.1, 0.15) is 0 Å². The minimum absolute atomic E-state index is 0.762. The lowest BCUT2D eigenvalue weighted by Crippen LogP contribution is -2.28. The van der Waals surface area contributed by atoms with Crippen molar-refractivity contribution in [1.29, 1.82) is 0 Å². The lowest BCUT2D eigenvalue weighted by atomic mass is 10.2. The quantitative estimate of drug-likeness (QED) is 0.902. The summed E-state index contributed by atoms with van der Waals surface area (Å²) in [6, 6.07) is 2.94. The van der Waals surface area contributed by atoms with Crippen LogP contribution in [0.5, 0.6) is 0 Å². The van der Waals surface area contributed by atoms with Crippen molar-refractivity contribution in [2.24, 2.45) is 0 Å². The predicted octanol–water partition coefficient (Wildman–Crippen LogP) is 2.28. The van der Waals surface area contributed by atoms with Gasteiger partial charge in [0.25, 0.3) is 0 Å². The minimum atomic E-state index is 0.762. The Bertz CT molecular complexity index is 384. The number of hydrogen-bond donors (Lipinski definition) is 1. The van der Waals surface area contributed by atoms with Crippen LogP contribution >= 0.6 is 11.8 Å². The van der Waals surface area contributed by atoms with Gasteiger partial charge in [0.05, 0.1) is 0 Å². The molecule has 1 aliphatic carbocycles. The van der Waals surface area contributed by atoms with Crippen LogP contribution in [0.4, 0.5) is 5.69 Å². The molecule has 1 saturated carbocycles. The van der Waals surface area contributed by atoms with Gasteiger partial charge in [-0.3, -0.25) is 4.98 Å². The van der Waals surface area contributed by atoms with E-state index in [4.69, 9.17) is 0 Å². The molecule has 98 valence electrons. The highest BCUT2D eigenvalue weighted by atomic mass is 32.2. The highest BCUT2D eigenvalue weighted by molar-refractivity contribution is 7.99. The summed E-state index contributed by atoms with van der Waals surface area (Å²) in [6.07, 6.45) is 7.94. The summed E-state index contributed by atoms with van der Waals surface area (Å²) in [5, 5.41) is 3.60. The molecule has 1 N–H and O–H groups in total. The molecule has 1 saturated heterocycles. The molecule has 18 heavy (non-hydrogen) atoms. The van der Waals surface area contributed by atoms with Gasteiger partial charge in [-0.05, 0) is 31.1 Å². The van der Waals surface area contributed by atoms with Crippen molar-refractivity contribution >= 4 is 17.4 Å². The highest BCUT2D eigenvalue weighted by Gasteiger charge is 2.21. The first-order valence-corrected chi connectivity index (χ1v) is 8.08. The molecule has 2 heterocycles. The van der Waals surface area contributed by atoms with Gasteiger partial charge in [-0.25, -0.2) is 0 Å². The monoisotopic (exact) mass is 263 g/mol. The Morgan fingerprint density at radius 2 is 2.28 bits per heavy atom. The molecule has 0 spiro atoms. The summed E-state index contributed by atoms with van der Waals surface area (Å²) >= 11 is 2.08. The number of nitrogens with one attached hydrogen (secondary N) is 1. The van der Waals surface area contributed by atoms with E-state index in [0.717, 1.165) is 12.6 Å². The third kappa shape index (κ3) is 3.18. The Kier molecular flexibility index (Phi) is 4.06. The third-order valence-electron chi connectivity index (χ3n) is 3.60. The zero-order chi connectivity index (χ0) is 12.2. The van der Waals surface area contributed by atoms with Gasteiger partial charge >= 0.3 is 0 Å². The Hall–Kier alpha value is -0.740. The molecule has 0 bridgehead atoms. The topological polar surface area (TPSA) is 28.2 Å². The summed E-state index contributed by atoms with van der Waals surface area (Å²) in [6.45, 7) is 3.33. The first-order valence-electron chi connectivity index (χ1n) is 6.92. The van der Waals surface area contributed by atoms with E-state index < -0.39 is 0 Å². The van der Waals surface area contributed by atoms with Gasteiger partial charge in [-0.2, -0.15) is 11.8 Å². The Balaban J connectivity index is 1.71. The SMILES string of the molecule is c1cc(N2CCCSCC2)c(CNC2CC2)cn1. The number of rotatable bonds is 4. The van der Waals surface area contributed by atoms with Crippen LogP contribution in [0.15, 0.2) is 18.5 Å². The molecule has 2 fully saturated rings. The number of anilines is 1. The maximum Gasteiger partial charge on any atom is 0.0443 e. The summed E-state index contributed by atoms with van der Waals surface area (Å²) in [4.78, 5) is 6.82. The normalized spacial score (nSPS) is 20.8. The van der Waals surface area contributed by atoms with Gasteiger partial charge in [0, 0.05) is 55.1 Å². The van der Waals surface area contributed by atoms with E-state index >= 15 is 0 Å². The zero-order valence-corrected chi connectivity index (χ0v) is 11.6. The van der Waals surface area contributed by atoms with E-state index in [9.17, 15) is 0 Å². The molecule has 3 rings (SSSR count). The molecule has 1 aliphatic heterocycles. The number of hydrogen-bond acceptors (Lipinski definition) is 4. The fourth-order valence-electron chi connectivity index (χ4n) is 2.39. The van der Waals surface area contributed by atoms with E-state index in [1.807, 2.05) is 12.4 Å². The van der Waals surface area contributed by atoms with Gasteiger partial charge in [0.15, 0.2) is 0 Å². The molecule has 0 aromatic carbocycles. The maximum atomic E-state index is 4.29. The van der Waals surface area contributed by atoms with E-state index in [1.165, 1.54) is 55.1 Å². The molecule has 2 aliphatic rings. The fraction of sp³-hybridized carbons (Fsp3) is 0.643. The van der Waals surface area contributed by atoms with Crippen LogP contribution in [0.3, 0.4) is 0 Å². The minimum Gasteiger partial charge on any atom is -0.370 e. The smallest absolute Gasteiger partial charge is 0.0443 e. The maximum absolute atomic E-state index is 4.29. The van der Waals surface area contributed by atoms with Crippen molar-refractivity contribution in [3.63, 3.8) is 0 Å². The van der Waals surface area contributed by atoms with E-state index in [1.54, 1.807) is 0 Å². The molecule has 0 amide bonds. The molecular formula is C14H21N3S. The fourth-order valence-corrected chi connectivity index (χ4v) is 3.28. The zero-order valence-electron chi connectivity index (χ0n) is 10.8. The predicted molar refractivity (Wildman–Crippen MR) is 78.3 cm³/mol. The molecule has 0 radical (unpaired) electrons. The third-order valence-corrected chi connectivity index (χ3v) is 4.65. The largest absolute Gasteiger partial charge is 0.370 e. The van der Waals surface area contributed by atoms with Crippen molar-refractivity contribution in [1.82, 2.24) is 10.3 Å². The Morgan fingerprint density at radius 3 is 3.17 bits per heavy atom. The van der Waals surface area contributed by atoms with Crippen molar-refractivity contribution in [3.05, 3.63) is 24.0 Å². The van der Waals surface area contributed by atoms with Gasteiger partial charge in [0.2, 0.25) is 0 Å². The highest BCUT2D eigenvalue weighted by Crippen LogP contribution is 2.24. The molecule has 0 atom stereocenters. The average Bonchev–Trinajstić information content (AvgIpc) is 3.24. The van der Waals surface area contributed by atoms with Crippen LogP contribution in [0.25, 0.3) is 0 Å². The van der Waals surface area contributed by atoms with Crippen LogP contribution < -0.4 is 10.2 Å². The second-order valence-corrected chi connectivity index (χ2v) is 6.34. The van der Waals surface area contributed by atoms with Crippen LogP contribution in [-0.4, -0.2) is 35.6 Å². The second kappa shape index (κ2) is 5.93. The van der Waals surface area contributed by atoms with Gasteiger partial charge in [-0.1, -0.05) is 0 Å². The van der Waals surface area contributed by atoms with Gasteiger partial charge in [-0.15, -0.1) is 0 Å². The molecule has 1 aromatic heterocycles. The van der Waals surface area contributed by atoms with E-state index in [2.05, 4.69) is 33.0 Å². The molecule has 3 nitrogen and oxygen atoms in total. The van der Waals surface area contributed by atoms with Crippen molar-refractivity contribution in [3.8, 4) is 0 Å². The summed E-state index contributed by atoms with van der Waals surface area (Å²) in [7, 11) is 0. The van der Waals surface area contributed by atoms with Crippen molar-refractivity contribution in [2.45, 2.75) is 31.8 Å². The Morgan fingerprint density at radius 1 is 1.33 bits per heavy atom. The number of thioether (sulfide) groups is 1. The summed E-state index contributed by atoms with van der Waals surface area (Å²) < 4.78 is 0. The first-order chi connectivity index (χ1) is 8.93. The number of nitrogens with zero attached hydrogens (tertiary/aromatic N) is 2. The van der Waals surface area contributed by atoms with Crippen molar-refractivity contribution in [2.75, 3.05) is 29.5 Å². The second-order valence-electron chi connectivity index (χ2n) is 5.11. The van der Waals surface area contributed by atoms with Crippen LogP contribution in [0.2, 0.25) is 0 Å². The van der Waals surface area contributed by atoms with E-state index in [0.29, 0.717) is 0 Å².